The summed E-state index contributed by atoms with van der Waals surface area (Å²) in [6.07, 6.45) is 7.92. The van der Waals surface area contributed by atoms with Gasteiger partial charge in [0.05, 0.1) is 7.11 Å². The van der Waals surface area contributed by atoms with Crippen LogP contribution in [0.5, 0.6) is 5.75 Å². The lowest BCUT2D eigenvalue weighted by atomic mass is 10.1. The van der Waals surface area contributed by atoms with E-state index in [1.54, 1.807) is 7.11 Å². The monoisotopic (exact) mass is 376 g/mol. The van der Waals surface area contributed by atoms with Crippen molar-refractivity contribution >= 4 is 10.9 Å². The lowest BCUT2D eigenvalue weighted by molar-refractivity contribution is 0.243. The van der Waals surface area contributed by atoms with Gasteiger partial charge in [-0.3, -0.25) is 4.90 Å². The van der Waals surface area contributed by atoms with Crippen molar-refractivity contribution < 1.29 is 4.74 Å². The highest BCUT2D eigenvalue weighted by Crippen LogP contribution is 2.38. The molecule has 1 saturated carbocycles. The second-order valence-corrected chi connectivity index (χ2v) is 8.47. The highest BCUT2D eigenvalue weighted by Gasteiger charge is 2.28. The summed E-state index contributed by atoms with van der Waals surface area (Å²) in [6, 6.07) is 6.83. The molecule has 0 saturated heterocycles. The number of ether oxygens (including phenoxy) is 1. The average molecular weight is 377 g/mol. The van der Waals surface area contributed by atoms with Gasteiger partial charge in [-0.15, -0.1) is 0 Å². The smallest absolute Gasteiger partial charge is 0.131 e. The number of hydrogen-bond donors (Lipinski definition) is 0. The van der Waals surface area contributed by atoms with E-state index in [1.165, 1.54) is 40.6 Å². The molecule has 28 heavy (non-hydrogen) atoms. The highest BCUT2D eigenvalue weighted by atomic mass is 16.5. The summed E-state index contributed by atoms with van der Waals surface area (Å²) in [5.74, 6) is 2.61. The van der Waals surface area contributed by atoms with Crippen LogP contribution in [0.3, 0.4) is 0 Å². The van der Waals surface area contributed by atoms with E-state index in [0.29, 0.717) is 12.0 Å². The first-order chi connectivity index (χ1) is 13.6. The van der Waals surface area contributed by atoms with Gasteiger partial charge in [0.25, 0.3) is 0 Å². The predicted octanol–water partition coefficient (Wildman–Crippen LogP) is 4.46. The van der Waals surface area contributed by atoms with Crippen molar-refractivity contribution in [2.75, 3.05) is 13.7 Å². The highest BCUT2D eigenvalue weighted by molar-refractivity contribution is 5.85. The molecule has 0 unspecified atom stereocenters. The molecular formula is C23H28N4O. The number of methoxy groups -OCH3 is 1. The molecule has 0 bridgehead atoms. The van der Waals surface area contributed by atoms with E-state index in [4.69, 9.17) is 9.72 Å². The quantitative estimate of drug-likeness (QED) is 0.659. The number of hydrogen-bond acceptors (Lipinski definition) is 4. The molecule has 5 rings (SSSR count). The summed E-state index contributed by atoms with van der Waals surface area (Å²) < 4.78 is 7.85. The van der Waals surface area contributed by atoms with Gasteiger partial charge in [0.1, 0.15) is 11.6 Å². The first-order valence-electron chi connectivity index (χ1n) is 10.4. The molecule has 5 heteroatoms. The van der Waals surface area contributed by atoms with E-state index in [0.717, 1.165) is 37.6 Å². The van der Waals surface area contributed by atoms with Gasteiger partial charge < -0.3 is 9.30 Å². The Morgan fingerprint density at radius 3 is 2.86 bits per heavy atom. The fourth-order valence-electron chi connectivity index (χ4n) is 4.29. The van der Waals surface area contributed by atoms with Gasteiger partial charge >= 0.3 is 0 Å². The molecule has 5 nitrogen and oxygen atoms in total. The molecule has 0 N–H and O–H groups in total. The van der Waals surface area contributed by atoms with Gasteiger partial charge in [-0.05, 0) is 50.5 Å². The lowest BCUT2D eigenvalue weighted by Crippen LogP contribution is -2.31. The van der Waals surface area contributed by atoms with Crippen LogP contribution in [-0.2, 0) is 19.5 Å². The maximum absolute atomic E-state index is 5.48. The zero-order valence-electron chi connectivity index (χ0n) is 17.0. The molecule has 1 fully saturated rings. The van der Waals surface area contributed by atoms with Crippen LogP contribution >= 0.6 is 0 Å². The molecule has 3 heterocycles. The fourth-order valence-corrected chi connectivity index (χ4v) is 4.29. The van der Waals surface area contributed by atoms with E-state index in [-0.39, 0.29) is 0 Å². The zero-order chi connectivity index (χ0) is 19.3. The molecule has 2 aliphatic rings. The van der Waals surface area contributed by atoms with E-state index in [2.05, 4.69) is 58.9 Å². The molecule has 0 amide bonds. The second-order valence-electron chi connectivity index (χ2n) is 8.47. The molecule has 0 atom stereocenters. The maximum atomic E-state index is 5.48. The lowest BCUT2D eigenvalue weighted by Gasteiger charge is -2.28. The topological polar surface area (TPSA) is 43.2 Å². The third-order valence-electron chi connectivity index (χ3n) is 6.05. The minimum atomic E-state index is 0.431. The Hall–Kier alpha value is -2.40. The molecule has 1 aliphatic carbocycles. The van der Waals surface area contributed by atoms with Crippen LogP contribution in [0.4, 0.5) is 0 Å². The van der Waals surface area contributed by atoms with Crippen LogP contribution in [0.2, 0.25) is 0 Å². The molecule has 3 aromatic rings. The largest absolute Gasteiger partial charge is 0.497 e. The summed E-state index contributed by atoms with van der Waals surface area (Å²) in [5, 5.41) is 1.29. The Kier molecular flexibility index (Phi) is 4.35. The second kappa shape index (κ2) is 6.89. The van der Waals surface area contributed by atoms with Gasteiger partial charge in [-0.1, -0.05) is 0 Å². The van der Waals surface area contributed by atoms with Crippen molar-refractivity contribution in [3.8, 4) is 5.75 Å². The number of fused-ring (bicyclic) bond motifs is 2. The Bertz CT molecular complexity index is 1020. The summed E-state index contributed by atoms with van der Waals surface area (Å²) >= 11 is 0. The zero-order valence-corrected chi connectivity index (χ0v) is 17.0. The Labute approximate surface area is 166 Å². The van der Waals surface area contributed by atoms with Crippen LogP contribution in [-0.4, -0.2) is 33.1 Å². The first kappa shape index (κ1) is 17.7. The van der Waals surface area contributed by atoms with Crippen LogP contribution in [0.25, 0.3) is 10.9 Å². The number of nitrogens with zero attached hydrogens (tertiary/aromatic N) is 4. The van der Waals surface area contributed by atoms with Crippen molar-refractivity contribution in [3.05, 3.63) is 53.2 Å². The molecule has 1 aliphatic heterocycles. The normalized spacial score (nSPS) is 17.3. The summed E-state index contributed by atoms with van der Waals surface area (Å²) in [5.41, 5.74) is 5.20. The first-order valence-corrected chi connectivity index (χ1v) is 10.4. The van der Waals surface area contributed by atoms with Gasteiger partial charge in [-0.2, -0.15) is 0 Å². The minimum absolute atomic E-state index is 0.431. The molecule has 2 aromatic heterocycles. The van der Waals surface area contributed by atoms with Gasteiger partial charge in [-0.25, -0.2) is 9.97 Å². The molecule has 0 spiro atoms. The van der Waals surface area contributed by atoms with Crippen LogP contribution in [0.1, 0.15) is 61.3 Å². The summed E-state index contributed by atoms with van der Waals surface area (Å²) in [4.78, 5) is 12.0. The van der Waals surface area contributed by atoms with Crippen LogP contribution < -0.4 is 4.74 Å². The van der Waals surface area contributed by atoms with E-state index in [1.807, 2.05) is 0 Å². The molecule has 146 valence electrons. The Morgan fingerprint density at radius 1 is 1.25 bits per heavy atom. The van der Waals surface area contributed by atoms with Gasteiger partial charge in [0, 0.05) is 72.6 Å². The van der Waals surface area contributed by atoms with E-state index < -0.39 is 0 Å². The maximum Gasteiger partial charge on any atom is 0.131 e. The minimum Gasteiger partial charge on any atom is -0.497 e. The molecule has 1 aromatic carbocycles. The fraction of sp³-hybridized carbons (Fsp3) is 0.478. The van der Waals surface area contributed by atoms with Crippen molar-refractivity contribution in [3.63, 3.8) is 0 Å². The SMILES string of the molecule is COc1ccc2c(c1)c(CN1CCc3nc(C4CC4)ncc3C1)cn2C(C)C. The number of rotatable bonds is 5. The van der Waals surface area contributed by atoms with E-state index >= 15 is 0 Å². The molecular weight excluding hydrogens is 348 g/mol. The Balaban J connectivity index is 1.42. The average Bonchev–Trinajstić information content (AvgIpc) is 3.50. The third-order valence-corrected chi connectivity index (χ3v) is 6.05. The van der Waals surface area contributed by atoms with Crippen molar-refractivity contribution in [2.45, 2.75) is 58.2 Å². The van der Waals surface area contributed by atoms with Crippen LogP contribution in [0, 0.1) is 0 Å². The summed E-state index contributed by atoms with van der Waals surface area (Å²) in [7, 11) is 1.73. The third kappa shape index (κ3) is 3.18. The van der Waals surface area contributed by atoms with Crippen molar-refractivity contribution in [1.82, 2.24) is 19.4 Å². The predicted molar refractivity (Wildman–Crippen MR) is 111 cm³/mol. The van der Waals surface area contributed by atoms with Gasteiger partial charge in [0.2, 0.25) is 0 Å². The number of benzene rings is 1. The van der Waals surface area contributed by atoms with E-state index in [9.17, 15) is 0 Å². The van der Waals surface area contributed by atoms with Crippen molar-refractivity contribution in [1.29, 1.82) is 0 Å². The standard InChI is InChI=1S/C23H28N4O/c1-15(2)27-14-18(20-10-19(28-3)6-7-22(20)27)13-26-9-8-21-17(12-26)11-24-23(25-21)16-4-5-16/h6-7,10-11,14-16H,4-5,8-9,12-13H2,1-3H3. The van der Waals surface area contributed by atoms with Gasteiger partial charge in [0.15, 0.2) is 0 Å². The van der Waals surface area contributed by atoms with Crippen molar-refractivity contribution in [2.24, 2.45) is 0 Å². The van der Waals surface area contributed by atoms with Crippen LogP contribution in [0.15, 0.2) is 30.6 Å². The number of aromatic nitrogens is 3. The Morgan fingerprint density at radius 2 is 2.11 bits per heavy atom. The summed E-state index contributed by atoms with van der Waals surface area (Å²) in [6.45, 7) is 7.39. The molecule has 0 radical (unpaired) electrons.